The van der Waals surface area contributed by atoms with E-state index in [-0.39, 0.29) is 12.2 Å². The van der Waals surface area contributed by atoms with E-state index in [0.29, 0.717) is 6.42 Å². The molecule has 0 aromatic heterocycles. The van der Waals surface area contributed by atoms with Crippen LogP contribution in [0.3, 0.4) is 0 Å². The van der Waals surface area contributed by atoms with Crippen molar-refractivity contribution in [3.63, 3.8) is 0 Å². The van der Waals surface area contributed by atoms with Crippen molar-refractivity contribution in [2.24, 2.45) is 0 Å². The lowest BCUT2D eigenvalue weighted by Crippen LogP contribution is -2.26. The fourth-order valence-electron chi connectivity index (χ4n) is 1.11. The predicted octanol–water partition coefficient (Wildman–Crippen LogP) is 4.57. The maximum Gasteiger partial charge on any atom is 0.271 e. The van der Waals surface area contributed by atoms with Gasteiger partial charge in [0.05, 0.1) is 6.61 Å². The van der Waals surface area contributed by atoms with E-state index in [0.717, 1.165) is 19.3 Å². The summed E-state index contributed by atoms with van der Waals surface area (Å²) in [7, 11) is -1.68. The third kappa shape index (κ3) is 8.75. The van der Waals surface area contributed by atoms with Gasteiger partial charge in [0.25, 0.3) is 6.08 Å². The van der Waals surface area contributed by atoms with Crippen molar-refractivity contribution in [2.45, 2.75) is 52.2 Å². The molecule has 0 bridgehead atoms. The highest BCUT2D eigenvalue weighted by Gasteiger charge is 2.16. The van der Waals surface area contributed by atoms with E-state index in [9.17, 15) is 8.78 Å². The SMILES string of the molecule is CCCCCC(CO[Si](C)(C)C)=C(F)F. The van der Waals surface area contributed by atoms with Gasteiger partial charge in [0.2, 0.25) is 0 Å². The second-order valence-electron chi connectivity index (χ2n) is 4.72. The number of halogens is 2. The molecule has 0 unspecified atom stereocenters. The molecule has 0 aliphatic carbocycles. The minimum atomic E-state index is -1.68. The zero-order valence-electron chi connectivity index (χ0n) is 10.2. The molecule has 0 spiro atoms. The Hall–Kier alpha value is -0.223. The Morgan fingerprint density at radius 1 is 1.13 bits per heavy atom. The summed E-state index contributed by atoms with van der Waals surface area (Å²) >= 11 is 0. The molecule has 0 saturated carbocycles. The largest absolute Gasteiger partial charge is 0.413 e. The fourth-order valence-corrected chi connectivity index (χ4v) is 1.72. The average Bonchev–Trinajstić information content (AvgIpc) is 2.08. The molecule has 4 heteroatoms. The summed E-state index contributed by atoms with van der Waals surface area (Å²) in [5.74, 6) is 0. The maximum absolute atomic E-state index is 12.5. The summed E-state index contributed by atoms with van der Waals surface area (Å²) < 4.78 is 30.5. The lowest BCUT2D eigenvalue weighted by molar-refractivity contribution is 0.316. The van der Waals surface area contributed by atoms with Gasteiger partial charge in [-0.1, -0.05) is 19.8 Å². The van der Waals surface area contributed by atoms with Crippen molar-refractivity contribution in [3.05, 3.63) is 11.7 Å². The van der Waals surface area contributed by atoms with Crippen LogP contribution in [0.1, 0.15) is 32.6 Å². The highest BCUT2D eigenvalue weighted by Crippen LogP contribution is 2.18. The first-order valence-electron chi connectivity index (χ1n) is 5.53. The number of hydrogen-bond donors (Lipinski definition) is 0. The second kappa shape index (κ2) is 7.12. The van der Waals surface area contributed by atoms with Crippen LogP contribution in [0.2, 0.25) is 19.6 Å². The van der Waals surface area contributed by atoms with E-state index >= 15 is 0 Å². The summed E-state index contributed by atoms with van der Waals surface area (Å²) in [5, 5.41) is 0. The lowest BCUT2D eigenvalue weighted by atomic mass is 10.1. The van der Waals surface area contributed by atoms with Gasteiger partial charge in [-0.2, -0.15) is 8.78 Å². The van der Waals surface area contributed by atoms with Gasteiger partial charge < -0.3 is 4.43 Å². The molecule has 0 saturated heterocycles. The third-order valence-corrected chi connectivity index (χ3v) is 3.04. The van der Waals surface area contributed by atoms with E-state index < -0.39 is 14.4 Å². The van der Waals surface area contributed by atoms with Gasteiger partial charge in [-0.3, -0.25) is 0 Å². The third-order valence-electron chi connectivity index (χ3n) is 2.03. The van der Waals surface area contributed by atoms with Crippen LogP contribution >= 0.6 is 0 Å². The first kappa shape index (κ1) is 14.8. The average molecular weight is 236 g/mol. The van der Waals surface area contributed by atoms with Gasteiger partial charge in [-0.05, 0) is 32.5 Å². The number of hydrogen-bond acceptors (Lipinski definition) is 1. The van der Waals surface area contributed by atoms with Crippen molar-refractivity contribution in [3.8, 4) is 0 Å². The summed E-state index contributed by atoms with van der Waals surface area (Å²) in [6.45, 7) is 8.20. The number of rotatable bonds is 7. The lowest BCUT2D eigenvalue weighted by Gasteiger charge is -2.18. The smallest absolute Gasteiger partial charge is 0.271 e. The zero-order valence-corrected chi connectivity index (χ0v) is 11.2. The van der Waals surface area contributed by atoms with Crippen molar-refractivity contribution < 1.29 is 13.2 Å². The van der Waals surface area contributed by atoms with Crippen molar-refractivity contribution in [1.82, 2.24) is 0 Å². The van der Waals surface area contributed by atoms with Crippen LogP contribution in [-0.4, -0.2) is 14.9 Å². The fraction of sp³-hybridized carbons (Fsp3) is 0.818. The molecule has 0 aliphatic heterocycles. The predicted molar refractivity (Wildman–Crippen MR) is 62.7 cm³/mol. The van der Waals surface area contributed by atoms with Crippen LogP contribution in [0.25, 0.3) is 0 Å². The normalized spacial score (nSPS) is 11.6. The first-order valence-corrected chi connectivity index (χ1v) is 8.94. The maximum atomic E-state index is 12.5. The molecule has 0 aromatic carbocycles. The van der Waals surface area contributed by atoms with Gasteiger partial charge in [0, 0.05) is 5.57 Å². The molecule has 0 fully saturated rings. The first-order chi connectivity index (χ1) is 6.87. The van der Waals surface area contributed by atoms with Crippen molar-refractivity contribution in [2.75, 3.05) is 6.61 Å². The molecule has 0 radical (unpaired) electrons. The highest BCUT2D eigenvalue weighted by atomic mass is 28.4. The highest BCUT2D eigenvalue weighted by molar-refractivity contribution is 6.69. The Labute approximate surface area is 92.6 Å². The monoisotopic (exact) mass is 236 g/mol. The molecule has 1 nitrogen and oxygen atoms in total. The summed E-state index contributed by atoms with van der Waals surface area (Å²) in [5.41, 5.74) is 0.186. The molecule has 0 aromatic rings. The van der Waals surface area contributed by atoms with Crippen LogP contribution in [0, 0.1) is 0 Å². The van der Waals surface area contributed by atoms with Crippen LogP contribution in [0.4, 0.5) is 8.78 Å². The van der Waals surface area contributed by atoms with E-state index in [1.807, 2.05) is 19.6 Å². The molecule has 0 amide bonds. The Kier molecular flexibility index (Phi) is 7.01. The molecule has 0 N–H and O–H groups in total. The minimum Gasteiger partial charge on any atom is -0.413 e. The van der Waals surface area contributed by atoms with E-state index in [1.54, 1.807) is 0 Å². The topological polar surface area (TPSA) is 9.23 Å². The van der Waals surface area contributed by atoms with E-state index in [1.165, 1.54) is 0 Å². The van der Waals surface area contributed by atoms with E-state index in [4.69, 9.17) is 4.43 Å². The van der Waals surface area contributed by atoms with Gasteiger partial charge in [0.15, 0.2) is 8.32 Å². The minimum absolute atomic E-state index is 0.113. The molecule has 0 heterocycles. The standard InChI is InChI=1S/C11H22F2OSi/c1-5-6-7-8-10(11(12)13)9-14-15(2,3)4/h5-9H2,1-4H3. The Morgan fingerprint density at radius 2 is 1.73 bits per heavy atom. The Morgan fingerprint density at radius 3 is 2.13 bits per heavy atom. The number of unbranched alkanes of at least 4 members (excludes halogenated alkanes) is 2. The zero-order chi connectivity index (χ0) is 11.9. The van der Waals surface area contributed by atoms with Gasteiger partial charge in [0.1, 0.15) is 0 Å². The molecular weight excluding hydrogens is 214 g/mol. The Balaban J connectivity index is 4.03. The molecule has 90 valence electrons. The molecule has 0 atom stereocenters. The summed E-state index contributed by atoms with van der Waals surface area (Å²) in [4.78, 5) is 0. The van der Waals surface area contributed by atoms with Crippen LogP contribution in [0.15, 0.2) is 11.7 Å². The van der Waals surface area contributed by atoms with Crippen LogP contribution < -0.4 is 0 Å². The van der Waals surface area contributed by atoms with Gasteiger partial charge >= 0.3 is 0 Å². The summed E-state index contributed by atoms with van der Waals surface area (Å²) in [6.07, 6.45) is 1.81. The van der Waals surface area contributed by atoms with Gasteiger partial charge in [-0.25, -0.2) is 0 Å². The summed E-state index contributed by atoms with van der Waals surface area (Å²) in [6, 6.07) is 0. The second-order valence-corrected chi connectivity index (χ2v) is 9.24. The van der Waals surface area contributed by atoms with Gasteiger partial charge in [-0.15, -0.1) is 0 Å². The quantitative estimate of drug-likeness (QED) is 0.465. The van der Waals surface area contributed by atoms with Crippen LogP contribution in [0.5, 0.6) is 0 Å². The van der Waals surface area contributed by atoms with Crippen molar-refractivity contribution in [1.29, 1.82) is 0 Å². The van der Waals surface area contributed by atoms with Crippen LogP contribution in [-0.2, 0) is 4.43 Å². The Bertz CT molecular complexity index is 205. The molecular formula is C11H22F2OSi. The van der Waals surface area contributed by atoms with Crippen molar-refractivity contribution >= 4 is 8.32 Å². The van der Waals surface area contributed by atoms with E-state index in [2.05, 4.69) is 6.92 Å². The molecule has 15 heavy (non-hydrogen) atoms. The molecule has 0 rings (SSSR count). The molecule has 0 aliphatic rings.